The molecule has 0 aliphatic carbocycles. The second-order valence-electron chi connectivity index (χ2n) is 8.17. The van der Waals surface area contributed by atoms with E-state index in [4.69, 9.17) is 9.72 Å². The molecule has 5 rings (SSSR count). The fraction of sp³-hybridized carbons (Fsp3) is 0.269. The largest absolute Gasteiger partial charge is 0.378 e. The van der Waals surface area contributed by atoms with E-state index in [2.05, 4.69) is 27.4 Å². The summed E-state index contributed by atoms with van der Waals surface area (Å²) in [4.78, 5) is 20.6. The molecule has 0 atom stereocenters. The van der Waals surface area contributed by atoms with Gasteiger partial charge in [-0.1, -0.05) is 30.3 Å². The van der Waals surface area contributed by atoms with E-state index < -0.39 is 0 Å². The van der Waals surface area contributed by atoms with Crippen molar-refractivity contribution in [1.82, 2.24) is 14.8 Å². The first-order valence-corrected chi connectivity index (χ1v) is 11.3. The van der Waals surface area contributed by atoms with Crippen LogP contribution in [0.5, 0.6) is 0 Å². The summed E-state index contributed by atoms with van der Waals surface area (Å²) >= 11 is 0. The number of rotatable bonds is 5. The van der Waals surface area contributed by atoms with E-state index in [1.54, 1.807) is 6.20 Å². The van der Waals surface area contributed by atoms with Gasteiger partial charge in [0.15, 0.2) is 5.65 Å². The minimum absolute atomic E-state index is 0.169. The number of anilines is 2. The number of carbonyl (C=O) groups excluding carboxylic acids is 1. The first-order valence-electron chi connectivity index (χ1n) is 11.3. The van der Waals surface area contributed by atoms with Crippen LogP contribution in [0.4, 0.5) is 11.4 Å². The molecule has 168 valence electrons. The van der Waals surface area contributed by atoms with Gasteiger partial charge in [0.2, 0.25) is 0 Å². The number of benzene rings is 2. The number of nitrogens with one attached hydrogen (secondary N) is 1. The molecule has 2 aromatic carbocycles. The van der Waals surface area contributed by atoms with Crippen LogP contribution in [-0.2, 0) is 11.3 Å². The number of hydrogen-bond acceptors (Lipinski definition) is 5. The number of ether oxygens (including phenoxy) is 1. The molecular formula is C26H27N5O2. The number of amides is 1. The third kappa shape index (κ3) is 4.19. The molecule has 7 heteroatoms. The molecule has 33 heavy (non-hydrogen) atoms. The number of carbonyl (C=O) groups is 1. The monoisotopic (exact) mass is 441 g/mol. The Morgan fingerprint density at radius 2 is 1.88 bits per heavy atom. The molecule has 2 aromatic heterocycles. The molecular weight excluding hydrogens is 414 g/mol. The van der Waals surface area contributed by atoms with Crippen molar-refractivity contribution in [3.63, 3.8) is 0 Å². The molecule has 1 fully saturated rings. The van der Waals surface area contributed by atoms with Crippen LogP contribution in [0.15, 0.2) is 60.8 Å². The Bertz CT molecular complexity index is 1290. The highest BCUT2D eigenvalue weighted by Gasteiger charge is 2.19. The third-order valence-electron chi connectivity index (χ3n) is 6.06. The predicted octanol–water partition coefficient (Wildman–Crippen LogP) is 4.52. The Morgan fingerprint density at radius 1 is 1.09 bits per heavy atom. The SMILES string of the molecule is CCn1ncc2c(C(=O)Nc3ccc(N4CCOCC4)cc3C)cc(-c3ccccc3)nc21. The molecule has 0 spiro atoms. The van der Waals surface area contributed by atoms with Gasteiger partial charge in [0, 0.05) is 36.6 Å². The number of morpholine rings is 1. The summed E-state index contributed by atoms with van der Waals surface area (Å²) in [7, 11) is 0. The van der Waals surface area contributed by atoms with Crippen molar-refractivity contribution in [3.8, 4) is 11.3 Å². The summed E-state index contributed by atoms with van der Waals surface area (Å²) in [6.07, 6.45) is 1.73. The average molecular weight is 442 g/mol. The van der Waals surface area contributed by atoms with Gasteiger partial charge in [-0.15, -0.1) is 0 Å². The minimum Gasteiger partial charge on any atom is -0.378 e. The van der Waals surface area contributed by atoms with E-state index in [-0.39, 0.29) is 5.91 Å². The van der Waals surface area contributed by atoms with Crippen LogP contribution >= 0.6 is 0 Å². The first kappa shape index (κ1) is 21.2. The Kier molecular flexibility index (Phi) is 5.79. The van der Waals surface area contributed by atoms with Crippen molar-refractivity contribution in [1.29, 1.82) is 0 Å². The topological polar surface area (TPSA) is 72.3 Å². The molecule has 0 unspecified atom stereocenters. The molecule has 0 radical (unpaired) electrons. The zero-order chi connectivity index (χ0) is 22.8. The highest BCUT2D eigenvalue weighted by molar-refractivity contribution is 6.13. The Labute approximate surface area is 193 Å². The maximum atomic E-state index is 13.4. The van der Waals surface area contributed by atoms with Crippen LogP contribution in [0, 0.1) is 6.92 Å². The van der Waals surface area contributed by atoms with Crippen molar-refractivity contribution in [3.05, 3.63) is 71.9 Å². The average Bonchev–Trinajstić information content (AvgIpc) is 3.29. The molecule has 0 saturated carbocycles. The van der Waals surface area contributed by atoms with Crippen molar-refractivity contribution >= 4 is 28.3 Å². The van der Waals surface area contributed by atoms with Gasteiger partial charge in [0.05, 0.1) is 36.1 Å². The van der Waals surface area contributed by atoms with Crippen LogP contribution in [0.2, 0.25) is 0 Å². The van der Waals surface area contributed by atoms with Crippen LogP contribution in [0.1, 0.15) is 22.8 Å². The van der Waals surface area contributed by atoms with Crippen molar-refractivity contribution in [2.75, 3.05) is 36.5 Å². The summed E-state index contributed by atoms with van der Waals surface area (Å²) in [6, 6.07) is 17.9. The summed E-state index contributed by atoms with van der Waals surface area (Å²) in [5, 5.41) is 8.29. The molecule has 1 saturated heterocycles. The molecule has 1 aliphatic rings. The third-order valence-corrected chi connectivity index (χ3v) is 6.06. The van der Waals surface area contributed by atoms with Crippen LogP contribution in [0.25, 0.3) is 22.3 Å². The van der Waals surface area contributed by atoms with Crippen molar-refractivity contribution in [2.45, 2.75) is 20.4 Å². The Hall–Kier alpha value is -3.71. The lowest BCUT2D eigenvalue weighted by atomic mass is 10.1. The smallest absolute Gasteiger partial charge is 0.256 e. The van der Waals surface area contributed by atoms with Crippen LogP contribution in [0.3, 0.4) is 0 Å². The molecule has 1 N–H and O–H groups in total. The van der Waals surface area contributed by atoms with Crippen LogP contribution < -0.4 is 10.2 Å². The second kappa shape index (κ2) is 9.03. The standard InChI is InChI=1S/C26H27N5O2/c1-3-31-25-22(17-27-31)21(16-24(28-25)19-7-5-4-6-8-19)26(32)29-23-10-9-20(15-18(23)2)30-11-13-33-14-12-30/h4-10,15-17H,3,11-14H2,1-2H3,(H,29,32). The number of pyridine rings is 1. The highest BCUT2D eigenvalue weighted by atomic mass is 16.5. The van der Waals surface area contributed by atoms with Gasteiger partial charge in [-0.25, -0.2) is 9.67 Å². The van der Waals surface area contributed by atoms with Gasteiger partial charge in [-0.3, -0.25) is 4.79 Å². The normalized spacial score (nSPS) is 13.9. The maximum Gasteiger partial charge on any atom is 0.256 e. The van der Waals surface area contributed by atoms with E-state index in [9.17, 15) is 4.79 Å². The van der Waals surface area contributed by atoms with Gasteiger partial charge in [0.25, 0.3) is 5.91 Å². The lowest BCUT2D eigenvalue weighted by molar-refractivity contribution is 0.102. The zero-order valence-electron chi connectivity index (χ0n) is 18.9. The van der Waals surface area contributed by atoms with Gasteiger partial charge >= 0.3 is 0 Å². The molecule has 4 aromatic rings. The second-order valence-corrected chi connectivity index (χ2v) is 8.17. The molecule has 7 nitrogen and oxygen atoms in total. The highest BCUT2D eigenvalue weighted by Crippen LogP contribution is 2.28. The van der Waals surface area contributed by atoms with E-state index in [0.29, 0.717) is 17.8 Å². The summed E-state index contributed by atoms with van der Waals surface area (Å²) in [5.74, 6) is -0.169. The molecule has 3 heterocycles. The van der Waals surface area contributed by atoms with Crippen molar-refractivity contribution in [2.24, 2.45) is 0 Å². The summed E-state index contributed by atoms with van der Waals surface area (Å²) in [6.45, 7) is 7.95. The van der Waals surface area contributed by atoms with Gasteiger partial charge in [-0.05, 0) is 43.7 Å². The number of fused-ring (bicyclic) bond motifs is 1. The van der Waals surface area contributed by atoms with E-state index >= 15 is 0 Å². The summed E-state index contributed by atoms with van der Waals surface area (Å²) < 4.78 is 7.27. The van der Waals surface area contributed by atoms with E-state index in [1.165, 1.54) is 0 Å². The first-order chi connectivity index (χ1) is 16.1. The fourth-order valence-corrected chi connectivity index (χ4v) is 4.22. The lowest BCUT2D eigenvalue weighted by Crippen LogP contribution is -2.36. The van der Waals surface area contributed by atoms with Gasteiger partial charge in [0.1, 0.15) is 0 Å². The van der Waals surface area contributed by atoms with E-state index in [1.807, 2.05) is 61.0 Å². The minimum atomic E-state index is -0.169. The Balaban J connectivity index is 1.49. The number of nitrogens with zero attached hydrogens (tertiary/aromatic N) is 4. The predicted molar refractivity (Wildman–Crippen MR) is 131 cm³/mol. The molecule has 1 amide bonds. The number of aromatic nitrogens is 3. The summed E-state index contributed by atoms with van der Waals surface area (Å²) in [5.41, 5.74) is 5.96. The lowest BCUT2D eigenvalue weighted by Gasteiger charge is -2.29. The maximum absolute atomic E-state index is 13.4. The number of hydrogen-bond donors (Lipinski definition) is 1. The van der Waals surface area contributed by atoms with Crippen molar-refractivity contribution < 1.29 is 9.53 Å². The van der Waals surface area contributed by atoms with Gasteiger partial charge in [-0.2, -0.15) is 5.10 Å². The van der Waals surface area contributed by atoms with Crippen LogP contribution in [-0.4, -0.2) is 47.0 Å². The molecule has 0 bridgehead atoms. The van der Waals surface area contributed by atoms with E-state index in [0.717, 1.165) is 59.9 Å². The van der Waals surface area contributed by atoms with Gasteiger partial charge < -0.3 is 15.0 Å². The number of aryl methyl sites for hydroxylation is 2. The zero-order valence-corrected chi connectivity index (χ0v) is 18.9. The molecule has 1 aliphatic heterocycles. The fourth-order valence-electron chi connectivity index (χ4n) is 4.22. The Morgan fingerprint density at radius 3 is 2.61 bits per heavy atom. The quantitative estimate of drug-likeness (QED) is 0.493.